The Morgan fingerprint density at radius 3 is 2.71 bits per heavy atom. The van der Waals surface area contributed by atoms with Gasteiger partial charge in [0.15, 0.2) is 5.75 Å². The van der Waals surface area contributed by atoms with Crippen LogP contribution < -0.4 is 4.84 Å². The van der Waals surface area contributed by atoms with E-state index in [0.29, 0.717) is 12.7 Å². The van der Waals surface area contributed by atoms with Gasteiger partial charge in [-0.05, 0) is 44.2 Å². The van der Waals surface area contributed by atoms with Crippen LogP contribution in [0.4, 0.5) is 0 Å². The molecule has 1 aromatic rings. The first-order valence-corrected chi connectivity index (χ1v) is 6.12. The van der Waals surface area contributed by atoms with Gasteiger partial charge in [0.05, 0.1) is 18.9 Å². The Balaban J connectivity index is 1.61. The van der Waals surface area contributed by atoms with Crippen molar-refractivity contribution in [1.29, 1.82) is 0 Å². The first kappa shape index (κ1) is 12.1. The fraction of sp³-hybridized carbons (Fsp3) is 0.429. The molecule has 1 aliphatic carbocycles. The van der Waals surface area contributed by atoms with Gasteiger partial charge >= 0.3 is 0 Å². The Morgan fingerprint density at radius 1 is 1.18 bits per heavy atom. The summed E-state index contributed by atoms with van der Waals surface area (Å²) < 4.78 is 5.67. The number of hydrogen-bond donors (Lipinski definition) is 0. The molecule has 1 fully saturated rings. The molecule has 0 heterocycles. The first-order chi connectivity index (χ1) is 8.45. The Morgan fingerprint density at radius 2 is 1.94 bits per heavy atom. The number of rotatable bonds is 5. The van der Waals surface area contributed by atoms with Crippen molar-refractivity contribution < 1.29 is 9.57 Å². The molecule has 1 aliphatic rings. The zero-order chi connectivity index (χ0) is 11.8. The molecule has 0 N–H and O–H groups in total. The lowest BCUT2D eigenvalue weighted by atomic mass is 9.98. The quantitative estimate of drug-likeness (QED) is 0.576. The third-order valence-electron chi connectivity index (χ3n) is 2.77. The highest BCUT2D eigenvalue weighted by molar-refractivity contribution is 5.57. The van der Waals surface area contributed by atoms with Gasteiger partial charge in [-0.15, -0.1) is 0 Å². The van der Waals surface area contributed by atoms with Crippen LogP contribution in [0.1, 0.15) is 25.7 Å². The fourth-order valence-electron chi connectivity index (χ4n) is 1.85. The van der Waals surface area contributed by atoms with Crippen LogP contribution >= 0.6 is 0 Å². The van der Waals surface area contributed by atoms with E-state index in [1.54, 1.807) is 6.21 Å². The molecule has 91 valence electrons. The molecule has 0 bridgehead atoms. The molecule has 0 spiro atoms. The standard InChI is InChI=1S/C14H18NO2/c1-3-7-13(8-4-1)16-12-11-15-17-14-9-5-2-6-10-14/h1-2,5-6,9-11,13H,3-4,7-8,12H2. The minimum absolute atomic E-state index is 0.392. The van der Waals surface area contributed by atoms with Crippen molar-refractivity contribution >= 4 is 6.21 Å². The lowest BCUT2D eigenvalue weighted by Crippen LogP contribution is -2.17. The second kappa shape index (κ2) is 7.07. The average Bonchev–Trinajstić information content (AvgIpc) is 2.41. The summed E-state index contributed by atoms with van der Waals surface area (Å²) in [6.07, 6.45) is 8.99. The van der Waals surface area contributed by atoms with E-state index < -0.39 is 0 Å². The van der Waals surface area contributed by atoms with Crippen LogP contribution in [-0.2, 0) is 4.74 Å². The minimum atomic E-state index is 0.392. The predicted octanol–water partition coefficient (Wildman–Crippen LogP) is 3.21. The predicted molar refractivity (Wildman–Crippen MR) is 68.1 cm³/mol. The van der Waals surface area contributed by atoms with E-state index in [2.05, 4.69) is 11.6 Å². The molecule has 0 saturated heterocycles. The maximum Gasteiger partial charge on any atom is 0.157 e. The zero-order valence-electron chi connectivity index (χ0n) is 9.92. The van der Waals surface area contributed by atoms with Crippen molar-refractivity contribution in [2.24, 2.45) is 5.16 Å². The first-order valence-electron chi connectivity index (χ1n) is 6.12. The molecule has 0 aromatic heterocycles. The molecule has 0 unspecified atom stereocenters. The lowest BCUT2D eigenvalue weighted by molar-refractivity contribution is 0.0613. The molecule has 1 saturated carbocycles. The number of para-hydroxylation sites is 1. The van der Waals surface area contributed by atoms with Crippen molar-refractivity contribution in [3.8, 4) is 5.75 Å². The summed E-state index contributed by atoms with van der Waals surface area (Å²) in [7, 11) is 0. The molecule has 2 rings (SSSR count). The summed E-state index contributed by atoms with van der Waals surface area (Å²) in [5.41, 5.74) is 0. The molecule has 1 aromatic carbocycles. The van der Waals surface area contributed by atoms with Crippen molar-refractivity contribution in [1.82, 2.24) is 0 Å². The highest BCUT2D eigenvalue weighted by Crippen LogP contribution is 2.18. The Kier molecular flexibility index (Phi) is 5.04. The van der Waals surface area contributed by atoms with E-state index in [1.807, 2.05) is 30.3 Å². The van der Waals surface area contributed by atoms with E-state index >= 15 is 0 Å². The Labute approximate surface area is 102 Å². The smallest absolute Gasteiger partial charge is 0.157 e. The molecule has 0 atom stereocenters. The van der Waals surface area contributed by atoms with Crippen molar-refractivity contribution in [2.75, 3.05) is 6.61 Å². The zero-order valence-corrected chi connectivity index (χ0v) is 9.92. The largest absolute Gasteiger partial charge is 0.372 e. The van der Waals surface area contributed by atoms with Crippen LogP contribution in [0.15, 0.2) is 35.5 Å². The van der Waals surface area contributed by atoms with E-state index in [0.717, 1.165) is 18.6 Å². The van der Waals surface area contributed by atoms with Gasteiger partial charge in [-0.25, -0.2) is 0 Å². The molecule has 3 heteroatoms. The third-order valence-corrected chi connectivity index (χ3v) is 2.77. The fourth-order valence-corrected chi connectivity index (χ4v) is 1.85. The van der Waals surface area contributed by atoms with E-state index in [4.69, 9.17) is 9.57 Å². The van der Waals surface area contributed by atoms with Crippen molar-refractivity contribution in [2.45, 2.75) is 31.8 Å². The number of hydrogen-bond acceptors (Lipinski definition) is 3. The SMILES string of the molecule is [CH]1CCC(OCC=NOc2ccccc2)CC1. The summed E-state index contributed by atoms with van der Waals surface area (Å²) in [4.78, 5) is 5.18. The highest BCUT2D eigenvalue weighted by atomic mass is 16.6. The van der Waals surface area contributed by atoms with E-state index in [9.17, 15) is 0 Å². The normalized spacial score (nSPS) is 17.4. The summed E-state index contributed by atoms with van der Waals surface area (Å²) in [6.45, 7) is 0.525. The Hall–Kier alpha value is -1.35. The van der Waals surface area contributed by atoms with Gasteiger partial charge in [-0.1, -0.05) is 23.4 Å². The summed E-state index contributed by atoms with van der Waals surface area (Å²) in [5.74, 6) is 0.746. The minimum Gasteiger partial charge on any atom is -0.372 e. The summed E-state index contributed by atoms with van der Waals surface area (Å²) in [6, 6.07) is 9.52. The lowest BCUT2D eigenvalue weighted by Gasteiger charge is -2.20. The van der Waals surface area contributed by atoms with Crippen LogP contribution in [0.5, 0.6) is 5.75 Å². The van der Waals surface area contributed by atoms with Crippen molar-refractivity contribution in [3.63, 3.8) is 0 Å². The van der Waals surface area contributed by atoms with E-state index in [-0.39, 0.29) is 0 Å². The summed E-state index contributed by atoms with van der Waals surface area (Å²) in [5, 5.41) is 3.87. The monoisotopic (exact) mass is 232 g/mol. The maximum atomic E-state index is 5.67. The van der Waals surface area contributed by atoms with E-state index in [1.165, 1.54) is 12.8 Å². The van der Waals surface area contributed by atoms with Crippen molar-refractivity contribution in [3.05, 3.63) is 36.8 Å². The summed E-state index contributed by atoms with van der Waals surface area (Å²) >= 11 is 0. The Bertz CT molecular complexity index is 331. The van der Waals surface area contributed by atoms with Crippen LogP contribution in [0.25, 0.3) is 0 Å². The van der Waals surface area contributed by atoms with Crippen LogP contribution in [0.3, 0.4) is 0 Å². The highest BCUT2D eigenvalue weighted by Gasteiger charge is 2.12. The van der Waals surface area contributed by atoms with Gasteiger partial charge < -0.3 is 9.57 Å². The average molecular weight is 232 g/mol. The van der Waals surface area contributed by atoms with Gasteiger partial charge in [0.1, 0.15) is 0 Å². The molecule has 17 heavy (non-hydrogen) atoms. The number of nitrogens with zero attached hydrogens (tertiary/aromatic N) is 1. The molecule has 0 aliphatic heterocycles. The van der Waals surface area contributed by atoms with Gasteiger partial charge in [-0.3, -0.25) is 0 Å². The number of ether oxygens (including phenoxy) is 1. The van der Waals surface area contributed by atoms with Crippen LogP contribution in [0.2, 0.25) is 0 Å². The molecular weight excluding hydrogens is 214 g/mol. The van der Waals surface area contributed by atoms with Gasteiger partial charge in [0.2, 0.25) is 0 Å². The maximum absolute atomic E-state index is 5.67. The van der Waals surface area contributed by atoms with Gasteiger partial charge in [0.25, 0.3) is 0 Å². The number of benzene rings is 1. The second-order valence-electron chi connectivity index (χ2n) is 4.09. The number of oxime groups is 1. The molecule has 3 nitrogen and oxygen atoms in total. The van der Waals surface area contributed by atoms with Gasteiger partial charge in [0, 0.05) is 0 Å². The second-order valence-corrected chi connectivity index (χ2v) is 4.09. The molecular formula is C14H18NO2. The molecule has 0 amide bonds. The third kappa shape index (κ3) is 4.57. The van der Waals surface area contributed by atoms with Crippen LogP contribution in [0, 0.1) is 6.42 Å². The molecule has 1 radical (unpaired) electrons. The van der Waals surface area contributed by atoms with Gasteiger partial charge in [-0.2, -0.15) is 0 Å². The topological polar surface area (TPSA) is 30.8 Å². The van der Waals surface area contributed by atoms with Crippen LogP contribution in [-0.4, -0.2) is 18.9 Å².